The van der Waals surface area contributed by atoms with E-state index in [0.717, 1.165) is 11.1 Å². The lowest BCUT2D eigenvalue weighted by atomic mass is 10.1. The average molecular weight is 414 g/mol. The molecule has 1 N–H and O–H groups in total. The van der Waals surface area contributed by atoms with Gasteiger partial charge in [0.15, 0.2) is 11.5 Å². The van der Waals surface area contributed by atoms with Gasteiger partial charge in [0.2, 0.25) is 0 Å². The predicted molar refractivity (Wildman–Crippen MR) is 115 cm³/mol. The highest BCUT2D eigenvalue weighted by Crippen LogP contribution is 2.37. The second kappa shape index (κ2) is 10.3. The van der Waals surface area contributed by atoms with E-state index in [4.69, 9.17) is 21.1 Å². The summed E-state index contributed by atoms with van der Waals surface area (Å²) in [6.07, 6.45) is 0.620. The molecule has 0 aliphatic carbocycles. The number of hydrogen-bond acceptors (Lipinski definition) is 3. The maximum Gasteiger partial charge on any atom is 0.180 e. The van der Waals surface area contributed by atoms with Gasteiger partial charge in [-0.1, -0.05) is 59.6 Å². The predicted octanol–water partition coefficient (Wildman–Crippen LogP) is 5.71. The molecule has 5 heteroatoms. The van der Waals surface area contributed by atoms with Crippen molar-refractivity contribution in [2.45, 2.75) is 26.5 Å². The Balaban J connectivity index is 1.58. The van der Waals surface area contributed by atoms with E-state index in [1.54, 1.807) is 19.2 Å². The van der Waals surface area contributed by atoms with Crippen LogP contribution in [0.15, 0.2) is 60.7 Å². The van der Waals surface area contributed by atoms with Gasteiger partial charge in [-0.25, -0.2) is 4.39 Å². The molecule has 0 saturated heterocycles. The zero-order chi connectivity index (χ0) is 20.6. The number of benzene rings is 3. The average Bonchev–Trinajstić information content (AvgIpc) is 2.72. The van der Waals surface area contributed by atoms with Crippen LogP contribution in [0.3, 0.4) is 0 Å². The van der Waals surface area contributed by atoms with E-state index >= 15 is 0 Å². The molecule has 0 saturated carbocycles. The Kier molecular flexibility index (Phi) is 7.50. The third kappa shape index (κ3) is 5.96. The van der Waals surface area contributed by atoms with Crippen LogP contribution in [0, 0.1) is 12.7 Å². The second-order valence-electron chi connectivity index (χ2n) is 6.90. The van der Waals surface area contributed by atoms with E-state index in [2.05, 4.69) is 5.32 Å². The summed E-state index contributed by atoms with van der Waals surface area (Å²) in [5.41, 5.74) is 3.95. The number of halogens is 2. The van der Waals surface area contributed by atoms with Crippen molar-refractivity contribution >= 4 is 11.6 Å². The van der Waals surface area contributed by atoms with Crippen LogP contribution in [0.2, 0.25) is 5.02 Å². The Morgan fingerprint density at radius 2 is 1.76 bits per heavy atom. The summed E-state index contributed by atoms with van der Waals surface area (Å²) in [6, 6.07) is 18.8. The zero-order valence-corrected chi connectivity index (χ0v) is 17.4. The number of hydrogen-bond donors (Lipinski definition) is 1. The molecule has 0 atom stereocenters. The van der Waals surface area contributed by atoms with Gasteiger partial charge < -0.3 is 14.8 Å². The van der Waals surface area contributed by atoms with Crippen LogP contribution in [0.1, 0.15) is 22.3 Å². The summed E-state index contributed by atoms with van der Waals surface area (Å²) in [4.78, 5) is 0. The molecule has 3 nitrogen and oxygen atoms in total. The van der Waals surface area contributed by atoms with E-state index in [1.807, 2.05) is 49.4 Å². The van der Waals surface area contributed by atoms with Crippen molar-refractivity contribution in [2.24, 2.45) is 0 Å². The van der Waals surface area contributed by atoms with Gasteiger partial charge in [-0.3, -0.25) is 0 Å². The molecule has 0 aliphatic rings. The number of rotatable bonds is 9. The normalized spacial score (nSPS) is 10.8. The Morgan fingerprint density at radius 3 is 2.48 bits per heavy atom. The fourth-order valence-corrected chi connectivity index (χ4v) is 3.30. The van der Waals surface area contributed by atoms with Crippen LogP contribution in [-0.4, -0.2) is 13.7 Å². The SMILES string of the molecule is COc1cc(CNCCc2ccccc2F)cc(Cl)c1OCc1ccc(C)cc1. The van der Waals surface area contributed by atoms with Crippen molar-refractivity contribution in [2.75, 3.05) is 13.7 Å². The summed E-state index contributed by atoms with van der Waals surface area (Å²) in [5.74, 6) is 0.953. The topological polar surface area (TPSA) is 30.5 Å². The van der Waals surface area contributed by atoms with Gasteiger partial charge in [0.1, 0.15) is 12.4 Å². The van der Waals surface area contributed by atoms with E-state index in [9.17, 15) is 4.39 Å². The molecule has 0 amide bonds. The summed E-state index contributed by atoms with van der Waals surface area (Å²) < 4.78 is 25.1. The van der Waals surface area contributed by atoms with Crippen LogP contribution in [0.5, 0.6) is 11.5 Å². The Labute approximate surface area is 176 Å². The molecule has 0 aliphatic heterocycles. The molecule has 0 heterocycles. The summed E-state index contributed by atoms with van der Waals surface area (Å²) >= 11 is 6.45. The van der Waals surface area contributed by atoms with Crippen LogP contribution in [0.25, 0.3) is 0 Å². The first-order valence-corrected chi connectivity index (χ1v) is 9.93. The lowest BCUT2D eigenvalue weighted by Crippen LogP contribution is -2.17. The van der Waals surface area contributed by atoms with Crippen molar-refractivity contribution in [1.82, 2.24) is 5.32 Å². The highest BCUT2D eigenvalue weighted by molar-refractivity contribution is 6.32. The smallest absolute Gasteiger partial charge is 0.180 e. The van der Waals surface area contributed by atoms with Crippen molar-refractivity contribution in [3.63, 3.8) is 0 Å². The monoisotopic (exact) mass is 413 g/mol. The summed E-state index contributed by atoms with van der Waals surface area (Å²) in [7, 11) is 1.60. The fourth-order valence-electron chi connectivity index (χ4n) is 3.01. The van der Waals surface area contributed by atoms with Gasteiger partial charge in [0, 0.05) is 6.54 Å². The lowest BCUT2D eigenvalue weighted by Gasteiger charge is -2.15. The maximum atomic E-state index is 13.7. The van der Waals surface area contributed by atoms with Crippen molar-refractivity contribution in [1.29, 1.82) is 0 Å². The summed E-state index contributed by atoms with van der Waals surface area (Å²) in [5, 5.41) is 3.82. The second-order valence-corrected chi connectivity index (χ2v) is 7.31. The van der Waals surface area contributed by atoms with E-state index < -0.39 is 0 Å². The molecule has 0 unspecified atom stereocenters. The molecule has 0 fully saturated rings. The van der Waals surface area contributed by atoms with Crippen LogP contribution in [0.4, 0.5) is 4.39 Å². The van der Waals surface area contributed by atoms with Crippen molar-refractivity contribution in [3.8, 4) is 11.5 Å². The highest BCUT2D eigenvalue weighted by Gasteiger charge is 2.12. The van der Waals surface area contributed by atoms with E-state index in [1.165, 1.54) is 11.6 Å². The largest absolute Gasteiger partial charge is 0.493 e. The first-order chi connectivity index (χ1) is 14.1. The van der Waals surface area contributed by atoms with Gasteiger partial charge in [-0.05, 0) is 54.8 Å². The molecular formula is C24H25ClFNO2. The van der Waals surface area contributed by atoms with E-state index in [-0.39, 0.29) is 5.82 Å². The highest BCUT2D eigenvalue weighted by atomic mass is 35.5. The molecule has 3 rings (SSSR count). The van der Waals surface area contributed by atoms with Crippen LogP contribution in [-0.2, 0) is 19.6 Å². The first kappa shape index (κ1) is 21.2. The molecule has 0 aromatic heterocycles. The first-order valence-electron chi connectivity index (χ1n) is 9.55. The molecule has 3 aromatic carbocycles. The minimum absolute atomic E-state index is 0.172. The molecule has 0 bridgehead atoms. The van der Waals surface area contributed by atoms with Gasteiger partial charge in [-0.15, -0.1) is 0 Å². The third-order valence-corrected chi connectivity index (χ3v) is 4.93. The minimum atomic E-state index is -0.172. The molecule has 3 aromatic rings. The quantitative estimate of drug-likeness (QED) is 0.456. The van der Waals surface area contributed by atoms with Crippen molar-refractivity contribution in [3.05, 3.63) is 93.8 Å². The molecule has 152 valence electrons. The van der Waals surface area contributed by atoms with Crippen molar-refractivity contribution < 1.29 is 13.9 Å². The van der Waals surface area contributed by atoms with Crippen LogP contribution >= 0.6 is 11.6 Å². The standard InChI is InChI=1S/C24H25ClFNO2/c1-17-7-9-18(10-8-17)16-29-24-21(25)13-19(14-23(24)28-2)15-27-12-11-20-5-3-4-6-22(20)26/h3-10,13-14,27H,11-12,15-16H2,1-2H3. The molecule has 0 spiro atoms. The Morgan fingerprint density at radius 1 is 1.00 bits per heavy atom. The fraction of sp³-hybridized carbons (Fsp3) is 0.250. The number of aryl methyl sites for hydroxylation is 1. The molecule has 29 heavy (non-hydrogen) atoms. The molecule has 0 radical (unpaired) electrons. The lowest BCUT2D eigenvalue weighted by molar-refractivity contribution is 0.284. The number of methoxy groups -OCH3 is 1. The maximum absolute atomic E-state index is 13.7. The minimum Gasteiger partial charge on any atom is -0.493 e. The Hall–Kier alpha value is -2.56. The zero-order valence-electron chi connectivity index (χ0n) is 16.7. The van der Waals surface area contributed by atoms with Gasteiger partial charge >= 0.3 is 0 Å². The van der Waals surface area contributed by atoms with Gasteiger partial charge in [-0.2, -0.15) is 0 Å². The number of nitrogens with one attached hydrogen (secondary N) is 1. The number of ether oxygens (including phenoxy) is 2. The molecular weight excluding hydrogens is 389 g/mol. The van der Waals surface area contributed by atoms with E-state index in [0.29, 0.717) is 48.2 Å². The van der Waals surface area contributed by atoms with Gasteiger partial charge in [0.25, 0.3) is 0 Å². The van der Waals surface area contributed by atoms with Crippen LogP contribution < -0.4 is 14.8 Å². The van der Waals surface area contributed by atoms with Gasteiger partial charge in [0.05, 0.1) is 12.1 Å². The third-order valence-electron chi connectivity index (χ3n) is 4.65. The Bertz CT molecular complexity index is 944. The summed E-state index contributed by atoms with van der Waals surface area (Å²) in [6.45, 7) is 3.72.